The lowest BCUT2D eigenvalue weighted by Crippen LogP contribution is -2.13. The lowest BCUT2D eigenvalue weighted by Gasteiger charge is -2.09. The van der Waals surface area contributed by atoms with Crippen LogP contribution in [0.25, 0.3) is 0 Å². The Bertz CT molecular complexity index is 658. The molecule has 0 atom stereocenters. The number of methoxy groups -OCH3 is 1. The molecule has 1 amide bonds. The maximum atomic E-state index is 13.6. The van der Waals surface area contributed by atoms with Crippen LogP contribution in [0.2, 0.25) is 0 Å². The van der Waals surface area contributed by atoms with Crippen LogP contribution in [0, 0.1) is 5.82 Å². The number of anilines is 1. The van der Waals surface area contributed by atoms with Crippen molar-refractivity contribution in [2.75, 3.05) is 12.4 Å². The van der Waals surface area contributed by atoms with Crippen LogP contribution in [0.4, 0.5) is 10.1 Å². The van der Waals surface area contributed by atoms with Crippen molar-refractivity contribution in [1.29, 1.82) is 0 Å². The molecule has 3 N–H and O–H groups in total. The summed E-state index contributed by atoms with van der Waals surface area (Å²) in [5, 5.41) is 21.0. The average Bonchev–Trinajstić information content (AvgIpc) is 2.41. The molecule has 0 heterocycles. The first kappa shape index (κ1) is 13.7. The van der Waals surface area contributed by atoms with E-state index in [0.29, 0.717) is 5.75 Å². The van der Waals surface area contributed by atoms with E-state index in [2.05, 4.69) is 5.32 Å². The van der Waals surface area contributed by atoms with Gasteiger partial charge < -0.3 is 20.3 Å². The maximum absolute atomic E-state index is 13.6. The second-order valence-corrected chi connectivity index (χ2v) is 4.00. The van der Waals surface area contributed by atoms with Crippen LogP contribution >= 0.6 is 0 Å². The molecule has 0 saturated heterocycles. The zero-order valence-electron chi connectivity index (χ0n) is 10.6. The third-order valence-electron chi connectivity index (χ3n) is 2.65. The molecule has 0 unspecified atom stereocenters. The predicted octanol–water partition coefficient (Wildman–Crippen LogP) is 2.50. The molecule has 20 heavy (non-hydrogen) atoms. The number of amides is 1. The van der Waals surface area contributed by atoms with Crippen molar-refractivity contribution in [1.82, 2.24) is 0 Å². The Morgan fingerprint density at radius 1 is 1.20 bits per heavy atom. The van der Waals surface area contributed by atoms with Crippen LogP contribution in [0.3, 0.4) is 0 Å². The Labute approximate surface area is 114 Å². The third-order valence-corrected chi connectivity index (χ3v) is 2.65. The van der Waals surface area contributed by atoms with E-state index in [-0.39, 0.29) is 17.0 Å². The van der Waals surface area contributed by atoms with Crippen molar-refractivity contribution in [3.8, 4) is 17.2 Å². The summed E-state index contributed by atoms with van der Waals surface area (Å²) >= 11 is 0. The summed E-state index contributed by atoms with van der Waals surface area (Å²) in [5.74, 6) is -1.51. The van der Waals surface area contributed by atoms with Crippen molar-refractivity contribution < 1.29 is 24.1 Å². The smallest absolute Gasteiger partial charge is 0.259 e. The third kappa shape index (κ3) is 2.80. The van der Waals surface area contributed by atoms with Gasteiger partial charge in [0.1, 0.15) is 23.1 Å². The van der Waals surface area contributed by atoms with Gasteiger partial charge >= 0.3 is 0 Å². The van der Waals surface area contributed by atoms with E-state index in [1.54, 1.807) is 0 Å². The van der Waals surface area contributed by atoms with Gasteiger partial charge in [-0.05, 0) is 24.3 Å². The van der Waals surface area contributed by atoms with Gasteiger partial charge in [-0.3, -0.25) is 4.79 Å². The van der Waals surface area contributed by atoms with Crippen LogP contribution in [0.15, 0.2) is 36.4 Å². The summed E-state index contributed by atoms with van der Waals surface area (Å²) in [4.78, 5) is 11.9. The summed E-state index contributed by atoms with van der Waals surface area (Å²) in [6, 6.07) is 7.41. The van der Waals surface area contributed by atoms with Gasteiger partial charge in [-0.25, -0.2) is 4.39 Å². The molecule has 5 nitrogen and oxygen atoms in total. The van der Waals surface area contributed by atoms with Crippen LogP contribution in [-0.2, 0) is 0 Å². The molecule has 2 rings (SSSR count). The summed E-state index contributed by atoms with van der Waals surface area (Å²) < 4.78 is 18.5. The van der Waals surface area contributed by atoms with E-state index < -0.39 is 17.5 Å². The van der Waals surface area contributed by atoms with Crippen molar-refractivity contribution in [3.05, 3.63) is 47.8 Å². The monoisotopic (exact) mass is 277 g/mol. The Morgan fingerprint density at radius 2 is 1.95 bits per heavy atom. The normalized spacial score (nSPS) is 10.1. The Kier molecular flexibility index (Phi) is 3.74. The number of aromatic hydroxyl groups is 2. The van der Waals surface area contributed by atoms with Gasteiger partial charge in [0.25, 0.3) is 5.91 Å². The fourth-order valence-electron chi connectivity index (χ4n) is 1.63. The first-order valence-electron chi connectivity index (χ1n) is 5.68. The highest BCUT2D eigenvalue weighted by atomic mass is 19.1. The number of carbonyl (C=O) groups excluding carboxylic acids is 1. The van der Waals surface area contributed by atoms with Gasteiger partial charge in [-0.15, -0.1) is 0 Å². The molecule has 0 bridgehead atoms. The molecule has 0 aliphatic carbocycles. The quantitative estimate of drug-likeness (QED) is 0.805. The molecular weight excluding hydrogens is 265 g/mol. The number of phenolic OH excluding ortho intramolecular Hbond substituents is 2. The number of nitrogens with one attached hydrogen (secondary N) is 1. The fourth-order valence-corrected chi connectivity index (χ4v) is 1.63. The molecule has 6 heteroatoms. The van der Waals surface area contributed by atoms with Crippen molar-refractivity contribution in [3.63, 3.8) is 0 Å². The minimum atomic E-state index is -0.699. The van der Waals surface area contributed by atoms with E-state index in [0.717, 1.165) is 12.1 Å². The summed E-state index contributed by atoms with van der Waals surface area (Å²) in [5.41, 5.74) is -0.146. The van der Waals surface area contributed by atoms with Crippen LogP contribution in [0.5, 0.6) is 17.2 Å². The molecule has 0 aromatic heterocycles. The molecule has 0 aliphatic heterocycles. The van der Waals surface area contributed by atoms with E-state index in [1.807, 2.05) is 0 Å². The standard InChI is InChI=1S/C14H12FNO4/c1-20-9-3-5-11(15)12(7-9)16-14(19)10-4-2-8(17)6-13(10)18/h2-7,17-18H,1H3,(H,16,19). The lowest BCUT2D eigenvalue weighted by atomic mass is 10.1. The molecule has 0 radical (unpaired) electrons. The number of ether oxygens (including phenoxy) is 1. The van der Waals surface area contributed by atoms with Crippen LogP contribution in [-0.4, -0.2) is 23.2 Å². The van der Waals surface area contributed by atoms with Crippen molar-refractivity contribution in [2.24, 2.45) is 0 Å². The zero-order valence-corrected chi connectivity index (χ0v) is 10.6. The van der Waals surface area contributed by atoms with Gasteiger partial charge in [0.05, 0.1) is 18.4 Å². The molecule has 0 saturated carbocycles. The summed E-state index contributed by atoms with van der Waals surface area (Å²) in [7, 11) is 1.42. The summed E-state index contributed by atoms with van der Waals surface area (Å²) in [6.45, 7) is 0. The van der Waals surface area contributed by atoms with Gasteiger partial charge in [-0.1, -0.05) is 0 Å². The van der Waals surface area contributed by atoms with Crippen molar-refractivity contribution >= 4 is 11.6 Å². The highest BCUT2D eigenvalue weighted by molar-refractivity contribution is 6.06. The van der Waals surface area contributed by atoms with E-state index >= 15 is 0 Å². The number of benzene rings is 2. The van der Waals surface area contributed by atoms with Gasteiger partial charge in [0.2, 0.25) is 0 Å². The highest BCUT2D eigenvalue weighted by Gasteiger charge is 2.14. The number of halogens is 1. The largest absolute Gasteiger partial charge is 0.508 e. The van der Waals surface area contributed by atoms with Gasteiger partial charge in [-0.2, -0.15) is 0 Å². The molecule has 2 aromatic carbocycles. The molecule has 0 fully saturated rings. The zero-order chi connectivity index (χ0) is 14.7. The molecule has 0 spiro atoms. The SMILES string of the molecule is COc1ccc(F)c(NC(=O)c2ccc(O)cc2O)c1. The van der Waals surface area contributed by atoms with E-state index in [9.17, 15) is 14.3 Å². The molecule has 104 valence electrons. The number of carbonyl (C=O) groups is 1. The Hall–Kier alpha value is -2.76. The van der Waals surface area contributed by atoms with Crippen molar-refractivity contribution in [2.45, 2.75) is 0 Å². The number of hydrogen-bond acceptors (Lipinski definition) is 4. The Morgan fingerprint density at radius 3 is 2.60 bits per heavy atom. The average molecular weight is 277 g/mol. The number of rotatable bonds is 3. The molecule has 2 aromatic rings. The highest BCUT2D eigenvalue weighted by Crippen LogP contribution is 2.25. The second kappa shape index (κ2) is 5.48. The molecular formula is C14H12FNO4. The number of phenols is 2. The summed E-state index contributed by atoms with van der Waals surface area (Å²) in [6.07, 6.45) is 0. The minimum Gasteiger partial charge on any atom is -0.508 e. The lowest BCUT2D eigenvalue weighted by molar-refractivity contribution is 0.102. The van der Waals surface area contributed by atoms with Crippen LogP contribution in [0.1, 0.15) is 10.4 Å². The minimum absolute atomic E-state index is 0.0678. The van der Waals surface area contributed by atoms with Gasteiger partial charge in [0.15, 0.2) is 0 Å². The maximum Gasteiger partial charge on any atom is 0.259 e. The Balaban J connectivity index is 2.27. The van der Waals surface area contributed by atoms with E-state index in [1.165, 1.54) is 31.4 Å². The molecule has 0 aliphatic rings. The van der Waals surface area contributed by atoms with Gasteiger partial charge in [0, 0.05) is 12.1 Å². The van der Waals surface area contributed by atoms with Crippen LogP contribution < -0.4 is 10.1 Å². The first-order valence-corrected chi connectivity index (χ1v) is 5.68. The first-order chi connectivity index (χ1) is 9.51. The van der Waals surface area contributed by atoms with E-state index in [4.69, 9.17) is 9.84 Å². The number of hydrogen-bond donors (Lipinski definition) is 3. The predicted molar refractivity (Wildman–Crippen MR) is 70.7 cm³/mol. The topological polar surface area (TPSA) is 78.8 Å². The second-order valence-electron chi connectivity index (χ2n) is 4.00. The fraction of sp³-hybridized carbons (Fsp3) is 0.0714.